The van der Waals surface area contributed by atoms with E-state index in [0.29, 0.717) is 22.0 Å². The molecular weight excluding hydrogens is 302 g/mol. The molecule has 2 rings (SSSR count). The molecule has 1 N–H and O–H groups in total. The van der Waals surface area contributed by atoms with Gasteiger partial charge in [0.25, 0.3) is 5.69 Å². The lowest BCUT2D eigenvalue weighted by Crippen LogP contribution is -2.12. The first kappa shape index (κ1) is 14.4. The maximum absolute atomic E-state index is 11.1. The van der Waals surface area contributed by atoms with Gasteiger partial charge in [-0.05, 0) is 6.92 Å². The summed E-state index contributed by atoms with van der Waals surface area (Å²) in [5.41, 5.74) is 1.83. The number of benzene rings is 1. The number of anilines is 1. The number of aromatic nitrogens is 1. The lowest BCUT2D eigenvalue weighted by atomic mass is 10.1. The number of halogens is 1. The maximum Gasteiger partial charge on any atom is 0.272 e. The number of aryl methyl sites for hydroxylation is 1. The standard InChI is InChI=1S/C12H10ClN3O3S/c1-7-2-3-8(4-10(7)16(18)19)9-6-20-12(14-9)15-11(17)5-13/h2-4,6H,5H2,1H3,(H,14,15,17). The number of nitrogens with one attached hydrogen (secondary N) is 1. The second kappa shape index (κ2) is 5.98. The van der Waals surface area contributed by atoms with E-state index in [1.165, 1.54) is 17.4 Å². The van der Waals surface area contributed by atoms with Crippen molar-refractivity contribution in [1.82, 2.24) is 4.98 Å². The van der Waals surface area contributed by atoms with E-state index in [9.17, 15) is 14.9 Å². The van der Waals surface area contributed by atoms with Gasteiger partial charge in [-0.1, -0.05) is 12.1 Å². The molecule has 6 nitrogen and oxygen atoms in total. The molecule has 0 atom stereocenters. The topological polar surface area (TPSA) is 85.1 Å². The average Bonchev–Trinajstić information content (AvgIpc) is 2.87. The van der Waals surface area contributed by atoms with Crippen molar-refractivity contribution in [3.8, 4) is 11.3 Å². The van der Waals surface area contributed by atoms with Crippen LogP contribution in [0.15, 0.2) is 23.6 Å². The van der Waals surface area contributed by atoms with Crippen LogP contribution in [0.2, 0.25) is 0 Å². The van der Waals surface area contributed by atoms with Gasteiger partial charge in [0, 0.05) is 22.6 Å². The number of nitro benzene ring substituents is 1. The molecule has 0 aliphatic rings. The average molecular weight is 312 g/mol. The zero-order valence-corrected chi connectivity index (χ0v) is 12.0. The van der Waals surface area contributed by atoms with Crippen LogP contribution >= 0.6 is 22.9 Å². The summed E-state index contributed by atoms with van der Waals surface area (Å²) in [5, 5.41) is 15.6. The molecule has 1 heterocycles. The summed E-state index contributed by atoms with van der Waals surface area (Å²) in [7, 11) is 0. The molecule has 0 saturated heterocycles. The SMILES string of the molecule is Cc1ccc(-c2csc(NC(=O)CCl)n2)cc1[N+](=O)[O-]. The van der Waals surface area contributed by atoms with Crippen LogP contribution in [0.5, 0.6) is 0 Å². The zero-order valence-electron chi connectivity index (χ0n) is 10.4. The lowest BCUT2D eigenvalue weighted by molar-refractivity contribution is -0.385. The number of carbonyl (C=O) groups is 1. The Morgan fingerprint density at radius 2 is 2.30 bits per heavy atom. The minimum Gasteiger partial charge on any atom is -0.301 e. The second-order valence-corrected chi connectivity index (χ2v) is 5.10. The van der Waals surface area contributed by atoms with Gasteiger partial charge in [-0.15, -0.1) is 22.9 Å². The Hall–Kier alpha value is -1.99. The molecular formula is C12H10ClN3O3S. The van der Waals surface area contributed by atoms with E-state index in [1.54, 1.807) is 24.4 Å². The summed E-state index contributed by atoms with van der Waals surface area (Å²) in [4.78, 5) is 25.8. The van der Waals surface area contributed by atoms with Gasteiger partial charge in [-0.25, -0.2) is 4.98 Å². The quantitative estimate of drug-likeness (QED) is 0.534. The van der Waals surface area contributed by atoms with E-state index < -0.39 is 4.92 Å². The maximum atomic E-state index is 11.1. The molecule has 20 heavy (non-hydrogen) atoms. The van der Waals surface area contributed by atoms with Gasteiger partial charge in [0.2, 0.25) is 5.91 Å². The van der Waals surface area contributed by atoms with E-state index in [4.69, 9.17) is 11.6 Å². The predicted octanol–water partition coefficient (Wildman–Crippen LogP) is 3.20. The van der Waals surface area contributed by atoms with Crippen LogP contribution in [-0.4, -0.2) is 21.7 Å². The first-order valence-electron chi connectivity index (χ1n) is 5.58. The Balaban J connectivity index is 2.30. The van der Waals surface area contributed by atoms with Crippen LogP contribution in [0.4, 0.5) is 10.8 Å². The van der Waals surface area contributed by atoms with Crippen molar-refractivity contribution >= 4 is 39.7 Å². The largest absolute Gasteiger partial charge is 0.301 e. The van der Waals surface area contributed by atoms with Crippen molar-refractivity contribution in [2.45, 2.75) is 6.92 Å². The smallest absolute Gasteiger partial charge is 0.272 e. The molecule has 8 heteroatoms. The number of alkyl halides is 1. The molecule has 1 aromatic carbocycles. The minimum atomic E-state index is -0.429. The van der Waals surface area contributed by atoms with Crippen molar-refractivity contribution < 1.29 is 9.72 Å². The van der Waals surface area contributed by atoms with Crippen molar-refractivity contribution in [3.63, 3.8) is 0 Å². The number of amides is 1. The first-order chi connectivity index (χ1) is 9.51. The van der Waals surface area contributed by atoms with Gasteiger partial charge >= 0.3 is 0 Å². The molecule has 0 radical (unpaired) electrons. The third kappa shape index (κ3) is 3.12. The number of rotatable bonds is 4. The Morgan fingerprint density at radius 1 is 1.55 bits per heavy atom. The molecule has 1 amide bonds. The van der Waals surface area contributed by atoms with Gasteiger partial charge < -0.3 is 5.32 Å². The van der Waals surface area contributed by atoms with Crippen LogP contribution in [0.1, 0.15) is 5.56 Å². The molecule has 0 saturated carbocycles. The molecule has 0 fully saturated rings. The summed E-state index contributed by atoms with van der Waals surface area (Å²) >= 11 is 6.62. The van der Waals surface area contributed by atoms with Gasteiger partial charge in [0.15, 0.2) is 5.13 Å². The van der Waals surface area contributed by atoms with Crippen molar-refractivity contribution in [1.29, 1.82) is 0 Å². The van der Waals surface area contributed by atoms with Gasteiger partial charge in [0.1, 0.15) is 5.88 Å². The van der Waals surface area contributed by atoms with Gasteiger partial charge in [-0.2, -0.15) is 0 Å². The Bertz CT molecular complexity index is 672. The highest BCUT2D eigenvalue weighted by Crippen LogP contribution is 2.29. The van der Waals surface area contributed by atoms with E-state index in [-0.39, 0.29) is 17.5 Å². The summed E-state index contributed by atoms with van der Waals surface area (Å²) in [6, 6.07) is 4.89. The first-order valence-corrected chi connectivity index (χ1v) is 6.99. The van der Waals surface area contributed by atoms with Crippen LogP contribution in [0.3, 0.4) is 0 Å². The van der Waals surface area contributed by atoms with Gasteiger partial charge in [0.05, 0.1) is 10.6 Å². The highest BCUT2D eigenvalue weighted by atomic mass is 35.5. The second-order valence-electron chi connectivity index (χ2n) is 3.98. The summed E-state index contributed by atoms with van der Waals surface area (Å²) < 4.78 is 0. The molecule has 0 bridgehead atoms. The molecule has 104 valence electrons. The normalized spacial score (nSPS) is 10.3. The third-order valence-corrected chi connectivity index (χ3v) is 3.57. The molecule has 0 aliphatic heterocycles. The molecule has 2 aromatic rings. The summed E-state index contributed by atoms with van der Waals surface area (Å²) in [5.74, 6) is -0.493. The van der Waals surface area contributed by atoms with Gasteiger partial charge in [-0.3, -0.25) is 14.9 Å². The zero-order chi connectivity index (χ0) is 14.7. The number of hydrogen-bond acceptors (Lipinski definition) is 5. The number of thiazole rings is 1. The highest BCUT2D eigenvalue weighted by Gasteiger charge is 2.14. The fourth-order valence-electron chi connectivity index (χ4n) is 1.58. The minimum absolute atomic E-state index is 0.0434. The monoisotopic (exact) mass is 311 g/mol. The van der Waals surface area contributed by atoms with E-state index in [1.807, 2.05) is 0 Å². The molecule has 0 spiro atoms. The number of nitrogens with zero attached hydrogens (tertiary/aromatic N) is 2. The Kier molecular flexibility index (Phi) is 4.31. The Morgan fingerprint density at radius 3 is 2.95 bits per heavy atom. The number of nitro groups is 1. The van der Waals surface area contributed by atoms with Crippen molar-refractivity contribution in [2.75, 3.05) is 11.2 Å². The van der Waals surface area contributed by atoms with Crippen LogP contribution in [-0.2, 0) is 4.79 Å². The van der Waals surface area contributed by atoms with Crippen molar-refractivity contribution in [2.24, 2.45) is 0 Å². The van der Waals surface area contributed by atoms with E-state index in [0.717, 1.165) is 0 Å². The lowest BCUT2D eigenvalue weighted by Gasteiger charge is -2.00. The van der Waals surface area contributed by atoms with Crippen LogP contribution in [0, 0.1) is 17.0 Å². The van der Waals surface area contributed by atoms with E-state index >= 15 is 0 Å². The Labute approximate surface area is 123 Å². The summed E-state index contributed by atoms with van der Waals surface area (Å²) in [6.07, 6.45) is 0. The summed E-state index contributed by atoms with van der Waals surface area (Å²) in [6.45, 7) is 1.68. The fraction of sp³-hybridized carbons (Fsp3) is 0.167. The van der Waals surface area contributed by atoms with E-state index in [2.05, 4.69) is 10.3 Å². The fourth-order valence-corrected chi connectivity index (χ4v) is 2.38. The number of carbonyl (C=O) groups excluding carboxylic acids is 1. The van der Waals surface area contributed by atoms with Crippen molar-refractivity contribution in [3.05, 3.63) is 39.3 Å². The molecule has 1 aromatic heterocycles. The predicted molar refractivity (Wildman–Crippen MR) is 78.3 cm³/mol. The third-order valence-electron chi connectivity index (χ3n) is 2.57. The van der Waals surface area contributed by atoms with Crippen LogP contribution in [0.25, 0.3) is 11.3 Å². The number of hydrogen-bond donors (Lipinski definition) is 1. The molecule has 0 unspecified atom stereocenters. The highest BCUT2D eigenvalue weighted by molar-refractivity contribution is 7.14. The molecule has 0 aliphatic carbocycles. The van der Waals surface area contributed by atoms with Crippen LogP contribution < -0.4 is 5.32 Å².